The summed E-state index contributed by atoms with van der Waals surface area (Å²) in [4.78, 5) is 15.4. The van der Waals surface area contributed by atoms with Gasteiger partial charge in [0.25, 0.3) is 5.91 Å². The highest BCUT2D eigenvalue weighted by Gasteiger charge is 2.38. The van der Waals surface area contributed by atoms with E-state index < -0.39 is 10.0 Å². The minimum atomic E-state index is -3.59. The molecule has 0 aliphatic carbocycles. The van der Waals surface area contributed by atoms with Crippen LogP contribution in [0.15, 0.2) is 23.1 Å². The Balaban J connectivity index is 0.00000261. The van der Waals surface area contributed by atoms with Gasteiger partial charge in [0.05, 0.1) is 4.90 Å². The maximum absolute atomic E-state index is 13.2. The quantitative estimate of drug-likeness (QED) is 0.801. The lowest BCUT2D eigenvalue weighted by molar-refractivity contribution is 0.0680. The lowest BCUT2D eigenvalue weighted by atomic mass is 10.1. The summed E-state index contributed by atoms with van der Waals surface area (Å²) in [7, 11) is -3.59. The molecule has 2 aliphatic heterocycles. The average molecular weight is 416 g/mol. The topological polar surface area (TPSA) is 69.7 Å². The van der Waals surface area contributed by atoms with Crippen molar-refractivity contribution in [3.8, 4) is 0 Å². The Hall–Kier alpha value is -1.15. The Labute approximate surface area is 168 Å². The maximum atomic E-state index is 13.2. The van der Waals surface area contributed by atoms with Gasteiger partial charge in [-0.15, -0.1) is 12.4 Å². The van der Waals surface area contributed by atoms with Crippen LogP contribution >= 0.6 is 12.4 Å². The van der Waals surface area contributed by atoms with Crippen LogP contribution in [0.1, 0.15) is 49.0 Å². The van der Waals surface area contributed by atoms with Crippen molar-refractivity contribution in [2.75, 3.05) is 26.2 Å². The fraction of sp³-hybridized carbons (Fsp3) is 0.632. The third-order valence-electron chi connectivity index (χ3n) is 5.65. The molecule has 1 aromatic carbocycles. The van der Waals surface area contributed by atoms with Gasteiger partial charge in [-0.1, -0.05) is 19.9 Å². The molecular formula is C19H30ClN3O3S. The van der Waals surface area contributed by atoms with Crippen molar-refractivity contribution in [1.29, 1.82) is 0 Å². The number of aryl methyl sites for hydroxylation is 1. The van der Waals surface area contributed by atoms with Crippen molar-refractivity contribution in [3.63, 3.8) is 0 Å². The number of carbonyl (C=O) groups is 1. The van der Waals surface area contributed by atoms with Crippen molar-refractivity contribution in [1.82, 2.24) is 14.5 Å². The fourth-order valence-electron chi connectivity index (χ4n) is 4.18. The molecule has 0 radical (unpaired) electrons. The number of nitrogens with one attached hydrogen (secondary N) is 1. The number of sulfonamides is 1. The summed E-state index contributed by atoms with van der Waals surface area (Å²) < 4.78 is 27.3. The highest BCUT2D eigenvalue weighted by Crippen LogP contribution is 2.30. The van der Waals surface area contributed by atoms with Crippen LogP contribution in [-0.4, -0.2) is 61.8 Å². The summed E-state index contributed by atoms with van der Waals surface area (Å²) in [5.74, 6) is -0.0443. The van der Waals surface area contributed by atoms with Crippen LogP contribution in [0.4, 0.5) is 0 Å². The first-order chi connectivity index (χ1) is 12.4. The lowest BCUT2D eigenvalue weighted by Gasteiger charge is -2.28. The zero-order valence-corrected chi connectivity index (χ0v) is 17.9. The Bertz CT molecular complexity index is 766. The molecule has 2 atom stereocenters. The molecule has 2 bridgehead atoms. The summed E-state index contributed by atoms with van der Waals surface area (Å²) in [6.45, 7) is 8.01. The van der Waals surface area contributed by atoms with Gasteiger partial charge in [0, 0.05) is 37.3 Å². The van der Waals surface area contributed by atoms with Crippen LogP contribution in [-0.2, 0) is 10.0 Å². The van der Waals surface area contributed by atoms with E-state index in [0.717, 1.165) is 32.4 Å². The smallest absolute Gasteiger partial charge is 0.254 e. The molecule has 152 valence electrons. The summed E-state index contributed by atoms with van der Waals surface area (Å²) >= 11 is 0. The molecule has 0 spiro atoms. The fourth-order valence-corrected chi connectivity index (χ4v) is 5.89. The molecule has 1 aromatic rings. The molecule has 6 nitrogen and oxygen atoms in total. The highest BCUT2D eigenvalue weighted by atomic mass is 35.5. The van der Waals surface area contributed by atoms with Gasteiger partial charge in [-0.2, -0.15) is 4.31 Å². The first-order valence-electron chi connectivity index (χ1n) is 9.54. The van der Waals surface area contributed by atoms with E-state index in [1.165, 1.54) is 4.31 Å². The molecule has 8 heteroatoms. The van der Waals surface area contributed by atoms with Crippen LogP contribution in [0.2, 0.25) is 0 Å². The standard InChI is InChI=1S/C19H29N3O3S.ClH/c1-4-21(5-2)26(24,25)18-12-15(7-6-14(18)3)19(23)22-16-8-9-17(22)13-20-11-10-16;/h6-7,12,16-17,20H,4-5,8-11,13H2,1-3H3;1H. The van der Waals surface area contributed by atoms with Crippen LogP contribution in [0.3, 0.4) is 0 Å². The second kappa shape index (κ2) is 8.90. The van der Waals surface area contributed by atoms with E-state index >= 15 is 0 Å². The van der Waals surface area contributed by atoms with Crippen LogP contribution in [0.25, 0.3) is 0 Å². The van der Waals surface area contributed by atoms with E-state index in [4.69, 9.17) is 0 Å². The van der Waals surface area contributed by atoms with Crippen LogP contribution in [0, 0.1) is 6.92 Å². The van der Waals surface area contributed by atoms with Gasteiger partial charge >= 0.3 is 0 Å². The number of amides is 1. The van der Waals surface area contributed by atoms with Crippen molar-refractivity contribution in [2.45, 2.75) is 57.0 Å². The SMILES string of the molecule is CCN(CC)S(=O)(=O)c1cc(C(=O)N2C3CCNCC2CC3)ccc1C.Cl. The van der Waals surface area contributed by atoms with Crippen LogP contribution < -0.4 is 5.32 Å². The third-order valence-corrected chi connectivity index (χ3v) is 7.84. The number of hydrogen-bond donors (Lipinski definition) is 1. The average Bonchev–Trinajstić information content (AvgIpc) is 2.88. The molecule has 1 amide bonds. The van der Waals surface area contributed by atoms with E-state index in [1.807, 2.05) is 18.7 Å². The van der Waals surface area contributed by atoms with E-state index in [1.54, 1.807) is 25.1 Å². The van der Waals surface area contributed by atoms with Crippen molar-refractivity contribution < 1.29 is 13.2 Å². The maximum Gasteiger partial charge on any atom is 0.254 e. The zero-order chi connectivity index (χ0) is 18.9. The van der Waals surface area contributed by atoms with Gasteiger partial charge in [-0.25, -0.2) is 8.42 Å². The largest absolute Gasteiger partial charge is 0.331 e. The number of fused-ring (bicyclic) bond motifs is 2. The Morgan fingerprint density at radius 2 is 1.85 bits per heavy atom. The monoisotopic (exact) mass is 415 g/mol. The Kier molecular flexibility index (Phi) is 7.30. The lowest BCUT2D eigenvalue weighted by Crippen LogP contribution is -2.42. The van der Waals surface area contributed by atoms with E-state index in [2.05, 4.69) is 5.32 Å². The predicted octanol–water partition coefficient (Wildman–Crippen LogP) is 2.41. The molecule has 0 saturated carbocycles. The number of carbonyl (C=O) groups excluding carboxylic acids is 1. The molecule has 2 saturated heterocycles. The van der Waals surface area contributed by atoms with Crippen LogP contribution in [0.5, 0.6) is 0 Å². The number of hydrogen-bond acceptors (Lipinski definition) is 4. The van der Waals surface area contributed by atoms with Crippen molar-refractivity contribution in [3.05, 3.63) is 29.3 Å². The van der Waals surface area contributed by atoms with Gasteiger partial charge in [-0.05, 0) is 50.4 Å². The third kappa shape index (κ3) is 4.16. The van der Waals surface area contributed by atoms with Gasteiger partial charge < -0.3 is 10.2 Å². The second-order valence-electron chi connectivity index (χ2n) is 7.16. The van der Waals surface area contributed by atoms with E-state index in [-0.39, 0.29) is 35.3 Å². The minimum absolute atomic E-state index is 0. The number of benzene rings is 1. The molecule has 27 heavy (non-hydrogen) atoms. The first kappa shape index (κ1) is 22.1. The minimum Gasteiger partial charge on any atom is -0.331 e. The van der Waals surface area contributed by atoms with Gasteiger partial charge in [0.15, 0.2) is 0 Å². The molecule has 2 unspecified atom stereocenters. The molecule has 3 rings (SSSR count). The molecule has 2 fully saturated rings. The molecular weight excluding hydrogens is 386 g/mol. The van der Waals surface area contributed by atoms with Gasteiger partial charge in [0.2, 0.25) is 10.0 Å². The normalized spacial score (nSPS) is 22.4. The van der Waals surface area contributed by atoms with Gasteiger partial charge in [-0.3, -0.25) is 4.79 Å². The summed E-state index contributed by atoms with van der Waals surface area (Å²) in [6, 6.07) is 5.55. The number of halogens is 1. The molecule has 2 heterocycles. The number of rotatable bonds is 5. The molecule has 2 aliphatic rings. The second-order valence-corrected chi connectivity index (χ2v) is 9.07. The summed E-state index contributed by atoms with van der Waals surface area (Å²) in [5, 5.41) is 3.39. The molecule has 1 N–H and O–H groups in total. The predicted molar refractivity (Wildman–Crippen MR) is 109 cm³/mol. The van der Waals surface area contributed by atoms with Gasteiger partial charge in [0.1, 0.15) is 0 Å². The zero-order valence-electron chi connectivity index (χ0n) is 16.3. The van der Waals surface area contributed by atoms with E-state index in [0.29, 0.717) is 24.2 Å². The van der Waals surface area contributed by atoms with Crippen molar-refractivity contribution in [2.24, 2.45) is 0 Å². The molecule has 0 aromatic heterocycles. The van der Waals surface area contributed by atoms with E-state index in [9.17, 15) is 13.2 Å². The summed E-state index contributed by atoms with van der Waals surface area (Å²) in [5.41, 5.74) is 1.15. The Morgan fingerprint density at radius 3 is 2.52 bits per heavy atom. The van der Waals surface area contributed by atoms with Crippen molar-refractivity contribution >= 4 is 28.3 Å². The number of nitrogens with zero attached hydrogens (tertiary/aromatic N) is 2. The first-order valence-corrected chi connectivity index (χ1v) is 11.0. The Morgan fingerprint density at radius 1 is 1.19 bits per heavy atom. The highest BCUT2D eigenvalue weighted by molar-refractivity contribution is 7.89. The summed E-state index contributed by atoms with van der Waals surface area (Å²) in [6.07, 6.45) is 3.01.